The molecular formula is C20H19ClN4OS. The number of nitrogens with zero attached hydrogens (tertiary/aromatic N) is 4. The lowest BCUT2D eigenvalue weighted by molar-refractivity contribution is -0.130. The Labute approximate surface area is 167 Å². The van der Waals surface area contributed by atoms with Gasteiger partial charge in [0.25, 0.3) is 0 Å². The van der Waals surface area contributed by atoms with Crippen molar-refractivity contribution in [2.75, 3.05) is 31.1 Å². The molecule has 5 nitrogen and oxygen atoms in total. The van der Waals surface area contributed by atoms with E-state index in [9.17, 15) is 4.79 Å². The van der Waals surface area contributed by atoms with Crippen molar-refractivity contribution in [3.05, 3.63) is 64.9 Å². The maximum atomic E-state index is 12.6. The molecule has 1 aromatic carbocycles. The van der Waals surface area contributed by atoms with Crippen molar-refractivity contribution >= 4 is 34.5 Å². The molecule has 7 heteroatoms. The molecule has 3 heterocycles. The van der Waals surface area contributed by atoms with Gasteiger partial charge in [0, 0.05) is 60.2 Å². The van der Waals surface area contributed by atoms with E-state index in [0.29, 0.717) is 6.42 Å². The molecule has 0 saturated carbocycles. The van der Waals surface area contributed by atoms with Gasteiger partial charge in [-0.2, -0.15) is 0 Å². The van der Waals surface area contributed by atoms with Crippen LogP contribution in [-0.4, -0.2) is 47.0 Å². The number of anilines is 1. The zero-order valence-electron chi connectivity index (χ0n) is 14.7. The van der Waals surface area contributed by atoms with Crippen LogP contribution in [0.3, 0.4) is 0 Å². The zero-order valence-corrected chi connectivity index (χ0v) is 16.3. The van der Waals surface area contributed by atoms with E-state index in [4.69, 9.17) is 11.6 Å². The van der Waals surface area contributed by atoms with Gasteiger partial charge in [0.15, 0.2) is 0 Å². The highest BCUT2D eigenvalue weighted by atomic mass is 35.5. The second-order valence-corrected chi connectivity index (χ2v) is 7.70. The molecule has 4 rings (SSSR count). The third-order valence-corrected chi connectivity index (χ3v) is 5.81. The standard InChI is InChI=1S/C20H19ClN4OS/c21-16-3-5-18(6-4-16)24-8-10-25(11-9-24)19(26)12-17-14-27-20(23-17)15-2-1-7-22-13-15/h1-7,13-14H,8-12H2. The zero-order chi connectivity index (χ0) is 18.6. The van der Waals surface area contributed by atoms with Crippen molar-refractivity contribution < 1.29 is 4.79 Å². The van der Waals surface area contributed by atoms with Crippen LogP contribution in [0.4, 0.5) is 5.69 Å². The van der Waals surface area contributed by atoms with Crippen LogP contribution in [0.5, 0.6) is 0 Å². The van der Waals surface area contributed by atoms with E-state index >= 15 is 0 Å². The molecule has 0 aliphatic carbocycles. The fourth-order valence-corrected chi connectivity index (χ4v) is 4.08. The lowest BCUT2D eigenvalue weighted by Crippen LogP contribution is -2.49. The third kappa shape index (κ3) is 4.28. The molecule has 27 heavy (non-hydrogen) atoms. The van der Waals surface area contributed by atoms with Gasteiger partial charge in [-0.15, -0.1) is 11.3 Å². The van der Waals surface area contributed by atoms with E-state index in [0.717, 1.165) is 53.2 Å². The Bertz CT molecular complexity index is 905. The SMILES string of the molecule is O=C(Cc1csc(-c2cccnc2)n1)N1CCN(c2ccc(Cl)cc2)CC1. The van der Waals surface area contributed by atoms with Gasteiger partial charge in [0.1, 0.15) is 5.01 Å². The number of amides is 1. The molecule has 0 atom stereocenters. The normalized spacial score (nSPS) is 14.4. The highest BCUT2D eigenvalue weighted by molar-refractivity contribution is 7.13. The predicted octanol–water partition coefficient (Wildman–Crippen LogP) is 3.75. The Morgan fingerprint density at radius 3 is 2.59 bits per heavy atom. The van der Waals surface area contributed by atoms with Crippen molar-refractivity contribution in [1.29, 1.82) is 0 Å². The molecule has 1 fully saturated rings. The monoisotopic (exact) mass is 398 g/mol. The van der Waals surface area contributed by atoms with Gasteiger partial charge in [0.2, 0.25) is 5.91 Å². The number of rotatable bonds is 4. The number of halogens is 1. The Hall–Kier alpha value is -2.44. The molecule has 2 aromatic heterocycles. The summed E-state index contributed by atoms with van der Waals surface area (Å²) in [6.45, 7) is 3.10. The van der Waals surface area contributed by atoms with Crippen molar-refractivity contribution in [2.45, 2.75) is 6.42 Å². The van der Waals surface area contributed by atoms with E-state index in [1.54, 1.807) is 23.7 Å². The number of benzene rings is 1. The molecule has 0 spiro atoms. The van der Waals surface area contributed by atoms with Gasteiger partial charge >= 0.3 is 0 Å². The van der Waals surface area contributed by atoms with Crippen LogP contribution < -0.4 is 4.90 Å². The minimum absolute atomic E-state index is 0.133. The number of carbonyl (C=O) groups excluding carboxylic acids is 1. The lowest BCUT2D eigenvalue weighted by Gasteiger charge is -2.36. The maximum Gasteiger partial charge on any atom is 0.228 e. The number of pyridine rings is 1. The fraction of sp³-hybridized carbons (Fsp3) is 0.250. The first kappa shape index (κ1) is 17.9. The van der Waals surface area contributed by atoms with Crippen LogP contribution in [0, 0.1) is 0 Å². The van der Waals surface area contributed by atoms with E-state index in [1.807, 2.05) is 46.7 Å². The first-order chi connectivity index (χ1) is 13.2. The molecule has 1 aliphatic rings. The Kier molecular flexibility index (Phi) is 5.36. The summed E-state index contributed by atoms with van der Waals surface area (Å²) in [6, 6.07) is 11.7. The summed E-state index contributed by atoms with van der Waals surface area (Å²) < 4.78 is 0. The minimum atomic E-state index is 0.133. The first-order valence-electron chi connectivity index (χ1n) is 8.82. The number of hydrogen-bond donors (Lipinski definition) is 0. The van der Waals surface area contributed by atoms with Crippen LogP contribution in [0.25, 0.3) is 10.6 Å². The van der Waals surface area contributed by atoms with E-state index in [2.05, 4.69) is 14.9 Å². The molecule has 3 aromatic rings. The smallest absolute Gasteiger partial charge is 0.228 e. The topological polar surface area (TPSA) is 49.3 Å². The Morgan fingerprint density at radius 2 is 1.89 bits per heavy atom. The summed E-state index contributed by atoms with van der Waals surface area (Å²) in [7, 11) is 0. The number of hydrogen-bond acceptors (Lipinski definition) is 5. The molecule has 0 bridgehead atoms. The second-order valence-electron chi connectivity index (χ2n) is 6.41. The number of aromatic nitrogens is 2. The van der Waals surface area contributed by atoms with Gasteiger partial charge in [-0.1, -0.05) is 11.6 Å². The van der Waals surface area contributed by atoms with Crippen LogP contribution >= 0.6 is 22.9 Å². The number of carbonyl (C=O) groups is 1. The largest absolute Gasteiger partial charge is 0.368 e. The third-order valence-electron chi connectivity index (χ3n) is 4.62. The number of piperazine rings is 1. The Morgan fingerprint density at radius 1 is 1.11 bits per heavy atom. The summed E-state index contributed by atoms with van der Waals surface area (Å²) in [6.07, 6.45) is 3.88. The summed E-state index contributed by atoms with van der Waals surface area (Å²) in [5.74, 6) is 0.133. The predicted molar refractivity (Wildman–Crippen MR) is 109 cm³/mol. The van der Waals surface area contributed by atoms with Crippen LogP contribution in [-0.2, 0) is 11.2 Å². The highest BCUT2D eigenvalue weighted by Gasteiger charge is 2.22. The van der Waals surface area contributed by atoms with Gasteiger partial charge < -0.3 is 9.80 Å². The summed E-state index contributed by atoms with van der Waals surface area (Å²) in [4.78, 5) is 25.6. The van der Waals surface area contributed by atoms with Crippen LogP contribution in [0.1, 0.15) is 5.69 Å². The quantitative estimate of drug-likeness (QED) is 0.671. The average molecular weight is 399 g/mol. The summed E-state index contributed by atoms with van der Waals surface area (Å²) >= 11 is 7.50. The molecule has 0 radical (unpaired) electrons. The number of thiazole rings is 1. The molecule has 1 saturated heterocycles. The highest BCUT2D eigenvalue weighted by Crippen LogP contribution is 2.23. The van der Waals surface area contributed by atoms with E-state index in [1.165, 1.54) is 0 Å². The Balaban J connectivity index is 1.33. The van der Waals surface area contributed by atoms with Crippen molar-refractivity contribution in [1.82, 2.24) is 14.9 Å². The van der Waals surface area contributed by atoms with E-state index in [-0.39, 0.29) is 5.91 Å². The van der Waals surface area contributed by atoms with Gasteiger partial charge in [-0.05, 0) is 36.4 Å². The summed E-state index contributed by atoms with van der Waals surface area (Å²) in [5, 5.41) is 3.60. The van der Waals surface area contributed by atoms with Crippen molar-refractivity contribution in [3.8, 4) is 10.6 Å². The molecule has 138 valence electrons. The molecule has 1 aliphatic heterocycles. The van der Waals surface area contributed by atoms with Gasteiger partial charge in [-0.25, -0.2) is 4.98 Å². The van der Waals surface area contributed by atoms with E-state index < -0.39 is 0 Å². The van der Waals surface area contributed by atoms with Crippen LogP contribution in [0.15, 0.2) is 54.2 Å². The minimum Gasteiger partial charge on any atom is -0.368 e. The van der Waals surface area contributed by atoms with Crippen molar-refractivity contribution in [3.63, 3.8) is 0 Å². The van der Waals surface area contributed by atoms with Crippen molar-refractivity contribution in [2.24, 2.45) is 0 Å². The lowest BCUT2D eigenvalue weighted by atomic mass is 10.2. The van der Waals surface area contributed by atoms with Gasteiger partial charge in [-0.3, -0.25) is 9.78 Å². The molecule has 0 N–H and O–H groups in total. The molecule has 1 amide bonds. The fourth-order valence-electron chi connectivity index (χ4n) is 3.14. The first-order valence-corrected chi connectivity index (χ1v) is 10.1. The average Bonchev–Trinajstić information content (AvgIpc) is 3.18. The van der Waals surface area contributed by atoms with Gasteiger partial charge in [0.05, 0.1) is 12.1 Å². The second kappa shape index (κ2) is 8.06. The van der Waals surface area contributed by atoms with Crippen LogP contribution in [0.2, 0.25) is 5.02 Å². The molecule has 0 unspecified atom stereocenters. The molecular weight excluding hydrogens is 380 g/mol. The summed E-state index contributed by atoms with van der Waals surface area (Å²) in [5.41, 5.74) is 2.95. The maximum absolute atomic E-state index is 12.6.